The molecule has 0 spiro atoms. The van der Waals surface area contributed by atoms with E-state index in [1.807, 2.05) is 6.92 Å². The smallest absolute Gasteiger partial charge is 0.408 e. The molecule has 1 aromatic rings. The highest BCUT2D eigenvalue weighted by molar-refractivity contribution is 5.90. The topological polar surface area (TPSA) is 127 Å². The predicted molar refractivity (Wildman–Crippen MR) is 142 cm³/mol. The number of hydrogen-bond donors (Lipinski definition) is 2. The molecule has 214 valence electrons. The molecule has 3 fully saturated rings. The fourth-order valence-corrected chi connectivity index (χ4v) is 7.16. The Kier molecular flexibility index (Phi) is 8.19. The van der Waals surface area contributed by atoms with E-state index in [2.05, 4.69) is 5.32 Å². The van der Waals surface area contributed by atoms with Gasteiger partial charge in [0.25, 0.3) is 5.56 Å². The number of carboxylic acids is 1. The Hall–Kier alpha value is -3.04. The summed E-state index contributed by atoms with van der Waals surface area (Å²) in [6.07, 6.45) is 8.61. The Bertz CT molecular complexity index is 1130. The molecule has 2 aliphatic carbocycles. The van der Waals surface area contributed by atoms with Gasteiger partial charge in [0, 0.05) is 19.0 Å². The second kappa shape index (κ2) is 11.6. The van der Waals surface area contributed by atoms with Gasteiger partial charge in [-0.3, -0.25) is 14.2 Å². The van der Waals surface area contributed by atoms with Gasteiger partial charge in [0.2, 0.25) is 5.91 Å². The molecule has 1 aromatic heterocycles. The number of amides is 2. The molecule has 0 unspecified atom stereocenters. The van der Waals surface area contributed by atoms with Crippen molar-refractivity contribution >= 4 is 18.0 Å². The lowest BCUT2D eigenvalue weighted by Gasteiger charge is -2.37. The highest BCUT2D eigenvalue weighted by Gasteiger charge is 2.49. The van der Waals surface area contributed by atoms with Gasteiger partial charge in [-0.15, -0.1) is 0 Å². The molecule has 2 N–H and O–H groups in total. The summed E-state index contributed by atoms with van der Waals surface area (Å²) in [6.45, 7) is 2.56. The number of pyridine rings is 1. The highest BCUT2D eigenvalue weighted by atomic mass is 16.6. The lowest BCUT2D eigenvalue weighted by molar-refractivity contribution is -0.150. The second-order valence-electron chi connectivity index (χ2n) is 12.1. The van der Waals surface area contributed by atoms with Gasteiger partial charge >= 0.3 is 12.1 Å². The molecule has 39 heavy (non-hydrogen) atoms. The standard InChI is InChI=1S/C29H41N3O7/c1-29(14-4-5-15-29)25-26(34)32-18-20(17-21(32)27(35)36)38-24-13-8-12-23(33)31(24)16-6-2-3-9-19-10-7-11-22(19)39-28(37)30-25/h8,12-13,19-22,25H,2-7,9-11,14-18H2,1H3,(H,30,37)(H,35,36)/t19-,20-,21+,22-,25-/m1/s1. The van der Waals surface area contributed by atoms with Crippen LogP contribution in [0.15, 0.2) is 23.0 Å². The van der Waals surface area contributed by atoms with E-state index in [0.717, 1.165) is 70.6 Å². The molecule has 5 rings (SSSR count). The number of nitrogens with zero attached hydrogens (tertiary/aromatic N) is 2. The normalized spacial score (nSPS) is 31.7. The summed E-state index contributed by atoms with van der Waals surface area (Å²) < 4.78 is 13.7. The number of rotatable bonds is 2. The van der Waals surface area contributed by atoms with Gasteiger partial charge in [-0.25, -0.2) is 9.59 Å². The third-order valence-corrected chi connectivity index (χ3v) is 9.38. The molecule has 2 amide bonds. The first-order valence-electron chi connectivity index (χ1n) is 14.6. The SMILES string of the molecule is CC1([C@@H]2NC(=O)O[C@@H]3CCC[C@H]3CCCCCn3c(cccc3=O)O[C@@H]3C[C@@H](C(=O)O)N(C3)C2=O)CCCC1. The minimum Gasteiger partial charge on any atom is -0.480 e. The number of fused-ring (bicyclic) bond motifs is 4. The average Bonchev–Trinajstić information content (AvgIpc) is 3.64. The lowest BCUT2D eigenvalue weighted by Crippen LogP contribution is -2.58. The molecule has 0 aromatic carbocycles. The van der Waals surface area contributed by atoms with Crippen molar-refractivity contribution in [3.63, 3.8) is 0 Å². The van der Waals surface area contributed by atoms with Crippen LogP contribution in [-0.4, -0.2) is 63.4 Å². The first-order chi connectivity index (χ1) is 18.7. The molecular weight excluding hydrogens is 502 g/mol. The van der Waals surface area contributed by atoms with E-state index in [4.69, 9.17) is 9.47 Å². The van der Waals surface area contributed by atoms with Crippen molar-refractivity contribution in [3.8, 4) is 5.88 Å². The van der Waals surface area contributed by atoms with Crippen LogP contribution in [0.25, 0.3) is 0 Å². The fourth-order valence-electron chi connectivity index (χ4n) is 7.16. The molecule has 2 aliphatic heterocycles. The number of nitrogens with one attached hydrogen (secondary N) is 1. The predicted octanol–water partition coefficient (Wildman–Crippen LogP) is 3.70. The zero-order valence-corrected chi connectivity index (χ0v) is 22.8. The van der Waals surface area contributed by atoms with E-state index in [0.29, 0.717) is 12.4 Å². The van der Waals surface area contributed by atoms with E-state index in [1.54, 1.807) is 16.7 Å². The number of alkyl carbamates (subject to hydrolysis) is 1. The summed E-state index contributed by atoms with van der Waals surface area (Å²) in [5.74, 6) is -0.856. The van der Waals surface area contributed by atoms with Gasteiger partial charge < -0.3 is 24.8 Å². The maximum absolute atomic E-state index is 14.1. The van der Waals surface area contributed by atoms with Gasteiger partial charge in [0.05, 0.1) is 6.54 Å². The van der Waals surface area contributed by atoms with Crippen molar-refractivity contribution in [2.75, 3.05) is 6.54 Å². The van der Waals surface area contributed by atoms with Crippen LogP contribution in [0.2, 0.25) is 0 Å². The fraction of sp³-hybridized carbons (Fsp3) is 0.724. The number of carbonyl (C=O) groups is 3. The number of carboxylic acid groups (broad SMARTS) is 1. The van der Waals surface area contributed by atoms with E-state index in [-0.39, 0.29) is 30.5 Å². The molecule has 10 heteroatoms. The maximum atomic E-state index is 14.1. The third-order valence-electron chi connectivity index (χ3n) is 9.38. The first kappa shape index (κ1) is 27.5. The van der Waals surface area contributed by atoms with Gasteiger partial charge in [-0.1, -0.05) is 38.7 Å². The van der Waals surface area contributed by atoms with Crippen LogP contribution in [0.1, 0.15) is 84.0 Å². The maximum Gasteiger partial charge on any atom is 0.408 e. The number of carbonyl (C=O) groups excluding carboxylic acids is 2. The largest absolute Gasteiger partial charge is 0.480 e. The molecule has 1 saturated heterocycles. The number of ether oxygens (including phenoxy) is 2. The summed E-state index contributed by atoms with van der Waals surface area (Å²) in [4.78, 5) is 53.6. The van der Waals surface area contributed by atoms with Crippen LogP contribution in [0.5, 0.6) is 5.88 Å². The summed E-state index contributed by atoms with van der Waals surface area (Å²) in [7, 11) is 0. The van der Waals surface area contributed by atoms with Crippen LogP contribution < -0.4 is 15.6 Å². The first-order valence-corrected chi connectivity index (χ1v) is 14.6. The minimum atomic E-state index is -1.11. The highest BCUT2D eigenvalue weighted by Crippen LogP contribution is 2.42. The lowest BCUT2D eigenvalue weighted by atomic mass is 9.79. The van der Waals surface area contributed by atoms with Crippen LogP contribution in [0.4, 0.5) is 4.79 Å². The molecular formula is C29H41N3O7. The Balaban J connectivity index is 1.46. The zero-order valence-electron chi connectivity index (χ0n) is 22.8. The molecule has 2 saturated carbocycles. The van der Waals surface area contributed by atoms with E-state index < -0.39 is 41.6 Å². The molecule has 5 atom stereocenters. The minimum absolute atomic E-state index is 0.0624. The van der Waals surface area contributed by atoms with Crippen LogP contribution >= 0.6 is 0 Å². The van der Waals surface area contributed by atoms with Crippen LogP contribution in [0, 0.1) is 11.3 Å². The molecule has 4 aliphatic rings. The quantitative estimate of drug-likeness (QED) is 0.582. The molecule has 10 nitrogen and oxygen atoms in total. The van der Waals surface area contributed by atoms with Crippen molar-refractivity contribution in [1.82, 2.24) is 14.8 Å². The summed E-state index contributed by atoms with van der Waals surface area (Å²) in [5, 5.41) is 12.9. The summed E-state index contributed by atoms with van der Waals surface area (Å²) in [6, 6.07) is 2.89. The van der Waals surface area contributed by atoms with Crippen molar-refractivity contribution in [2.45, 2.75) is 115 Å². The van der Waals surface area contributed by atoms with Crippen molar-refractivity contribution in [1.29, 1.82) is 0 Å². The zero-order chi connectivity index (χ0) is 27.6. The van der Waals surface area contributed by atoms with Gasteiger partial charge in [-0.2, -0.15) is 0 Å². The van der Waals surface area contributed by atoms with Crippen molar-refractivity contribution in [3.05, 3.63) is 28.6 Å². The Labute approximate surface area is 229 Å². The molecule has 2 bridgehead atoms. The molecule has 0 radical (unpaired) electrons. The number of aromatic nitrogens is 1. The number of hydrogen-bond acceptors (Lipinski definition) is 6. The van der Waals surface area contributed by atoms with E-state index in [9.17, 15) is 24.3 Å². The van der Waals surface area contributed by atoms with Crippen LogP contribution in [0.3, 0.4) is 0 Å². The summed E-state index contributed by atoms with van der Waals surface area (Å²) >= 11 is 0. The monoisotopic (exact) mass is 543 g/mol. The summed E-state index contributed by atoms with van der Waals surface area (Å²) in [5.41, 5.74) is -0.655. The Morgan fingerprint density at radius 1 is 1.00 bits per heavy atom. The van der Waals surface area contributed by atoms with Crippen molar-refractivity contribution in [2.24, 2.45) is 11.3 Å². The Morgan fingerprint density at radius 2 is 1.77 bits per heavy atom. The third kappa shape index (κ3) is 5.94. The second-order valence-corrected chi connectivity index (χ2v) is 12.1. The van der Waals surface area contributed by atoms with E-state index >= 15 is 0 Å². The van der Waals surface area contributed by atoms with Gasteiger partial charge in [0.1, 0.15) is 24.3 Å². The van der Waals surface area contributed by atoms with Crippen molar-refractivity contribution < 1.29 is 29.0 Å². The van der Waals surface area contributed by atoms with Crippen LogP contribution in [-0.2, 0) is 20.9 Å². The molecule has 3 heterocycles. The number of aliphatic carboxylic acids is 1. The van der Waals surface area contributed by atoms with Gasteiger partial charge in [0.15, 0.2) is 5.88 Å². The average molecular weight is 544 g/mol. The van der Waals surface area contributed by atoms with Gasteiger partial charge in [-0.05, 0) is 62.3 Å². The Morgan fingerprint density at radius 3 is 2.54 bits per heavy atom. The van der Waals surface area contributed by atoms with E-state index in [1.165, 1.54) is 11.0 Å².